The molecule has 2 aromatic carbocycles. The van der Waals surface area contributed by atoms with Crippen molar-refractivity contribution >= 4 is 11.6 Å². The lowest BCUT2D eigenvalue weighted by Crippen LogP contribution is -2.37. The van der Waals surface area contributed by atoms with Crippen molar-refractivity contribution in [2.24, 2.45) is 10.7 Å². The third kappa shape index (κ3) is 2.35. The number of nitrogens with zero attached hydrogens (tertiary/aromatic N) is 2. The van der Waals surface area contributed by atoms with E-state index in [1.54, 1.807) is 4.90 Å². The van der Waals surface area contributed by atoms with E-state index in [0.717, 1.165) is 23.4 Å². The van der Waals surface area contributed by atoms with Crippen molar-refractivity contribution in [3.8, 4) is 0 Å². The second-order valence-corrected chi connectivity index (χ2v) is 5.04. The molecule has 1 aliphatic heterocycles. The molecule has 0 amide bonds. The number of anilines is 1. The van der Waals surface area contributed by atoms with E-state index < -0.39 is 17.7 Å². The topological polar surface area (TPSA) is 41.6 Å². The zero-order chi connectivity index (χ0) is 15.0. The molecular weight excluding hydrogens is 272 g/mol. The highest BCUT2D eigenvalue weighted by molar-refractivity contribution is 5.98. The van der Waals surface area contributed by atoms with Gasteiger partial charge in [-0.05, 0) is 36.8 Å². The summed E-state index contributed by atoms with van der Waals surface area (Å²) in [5.41, 5.74) is 8.07. The first-order chi connectivity index (χ1) is 10.1. The molecule has 1 atom stereocenters. The number of halogens is 2. The molecule has 1 aliphatic rings. The Morgan fingerprint density at radius 1 is 1.19 bits per heavy atom. The van der Waals surface area contributed by atoms with E-state index in [1.165, 1.54) is 6.07 Å². The number of aliphatic imine (C=N–C) groups is 1. The van der Waals surface area contributed by atoms with Gasteiger partial charge in [0.2, 0.25) is 0 Å². The summed E-state index contributed by atoms with van der Waals surface area (Å²) in [6.45, 7) is 2.25. The molecule has 0 fully saturated rings. The number of para-hydroxylation sites is 1. The van der Waals surface area contributed by atoms with Crippen molar-refractivity contribution in [1.29, 1.82) is 0 Å². The van der Waals surface area contributed by atoms with Gasteiger partial charge in [0, 0.05) is 11.3 Å². The van der Waals surface area contributed by atoms with Crippen LogP contribution in [-0.4, -0.2) is 12.5 Å². The van der Waals surface area contributed by atoms with Gasteiger partial charge in [-0.1, -0.05) is 18.2 Å². The molecule has 0 bridgehead atoms. The fraction of sp³-hybridized carbons (Fsp3) is 0.188. The van der Waals surface area contributed by atoms with E-state index in [4.69, 9.17) is 5.73 Å². The Hall–Kier alpha value is -2.43. The highest BCUT2D eigenvalue weighted by Gasteiger charge is 2.31. The smallest absolute Gasteiger partial charge is 0.196 e. The lowest BCUT2D eigenvalue weighted by atomic mass is 10.0. The molecule has 1 unspecified atom stereocenters. The molecular formula is C16H15F2N3. The van der Waals surface area contributed by atoms with E-state index in [9.17, 15) is 8.78 Å². The van der Waals surface area contributed by atoms with Crippen molar-refractivity contribution in [2.75, 3.05) is 11.4 Å². The Kier molecular flexibility index (Phi) is 3.33. The molecule has 0 saturated carbocycles. The number of nitrogens with two attached hydrogens (primary N) is 1. The number of rotatable bonds is 2. The Morgan fingerprint density at radius 3 is 2.71 bits per heavy atom. The third-order valence-electron chi connectivity index (χ3n) is 3.68. The maximum absolute atomic E-state index is 14.1. The van der Waals surface area contributed by atoms with Crippen LogP contribution in [-0.2, 0) is 0 Å². The third-order valence-corrected chi connectivity index (χ3v) is 3.68. The Morgan fingerprint density at radius 2 is 1.95 bits per heavy atom. The molecule has 2 N–H and O–H groups in total. The zero-order valence-electron chi connectivity index (χ0n) is 11.6. The summed E-state index contributed by atoms with van der Waals surface area (Å²) in [7, 11) is 0. The average Bonchev–Trinajstić information content (AvgIpc) is 2.84. The fourth-order valence-electron chi connectivity index (χ4n) is 2.63. The van der Waals surface area contributed by atoms with Crippen LogP contribution in [0.3, 0.4) is 0 Å². The summed E-state index contributed by atoms with van der Waals surface area (Å²) >= 11 is 0. The Balaban J connectivity index is 2.07. The summed E-state index contributed by atoms with van der Waals surface area (Å²) < 4.78 is 27.5. The Bertz CT molecular complexity index is 712. The molecule has 3 nitrogen and oxygen atoms in total. The number of guanidine groups is 1. The van der Waals surface area contributed by atoms with Gasteiger partial charge in [-0.3, -0.25) is 4.99 Å². The molecule has 1 heterocycles. The summed E-state index contributed by atoms with van der Waals surface area (Å²) in [6, 6.07) is 10.7. The van der Waals surface area contributed by atoms with Crippen LogP contribution in [0.5, 0.6) is 0 Å². The highest BCUT2D eigenvalue weighted by atomic mass is 19.1. The molecule has 0 aromatic heterocycles. The van der Waals surface area contributed by atoms with Gasteiger partial charge in [0.05, 0.1) is 12.6 Å². The van der Waals surface area contributed by atoms with E-state index in [-0.39, 0.29) is 5.56 Å². The number of aryl methyl sites for hydroxylation is 1. The SMILES string of the molecule is Cc1ccccc1N1C(N)=NCC1c1cc(F)ccc1F. The van der Waals surface area contributed by atoms with Gasteiger partial charge in [0.15, 0.2) is 5.96 Å². The summed E-state index contributed by atoms with van der Waals surface area (Å²) in [5.74, 6) is -0.607. The van der Waals surface area contributed by atoms with Crippen molar-refractivity contribution in [2.45, 2.75) is 13.0 Å². The minimum atomic E-state index is -0.471. The van der Waals surface area contributed by atoms with Gasteiger partial charge < -0.3 is 10.6 Å². The quantitative estimate of drug-likeness (QED) is 0.922. The van der Waals surface area contributed by atoms with Crippen molar-refractivity contribution in [3.63, 3.8) is 0 Å². The molecule has 108 valence electrons. The summed E-state index contributed by atoms with van der Waals surface area (Å²) in [6.07, 6.45) is 0. The van der Waals surface area contributed by atoms with Gasteiger partial charge >= 0.3 is 0 Å². The first kappa shape index (κ1) is 13.5. The number of benzene rings is 2. The van der Waals surface area contributed by atoms with Crippen LogP contribution in [0, 0.1) is 18.6 Å². The lowest BCUT2D eigenvalue weighted by Gasteiger charge is -2.28. The van der Waals surface area contributed by atoms with Crippen LogP contribution in [0.2, 0.25) is 0 Å². The average molecular weight is 287 g/mol. The van der Waals surface area contributed by atoms with Crippen LogP contribution in [0.15, 0.2) is 47.5 Å². The van der Waals surface area contributed by atoms with Gasteiger partial charge in [-0.25, -0.2) is 8.78 Å². The van der Waals surface area contributed by atoms with Crippen molar-refractivity contribution in [3.05, 3.63) is 65.2 Å². The predicted molar refractivity (Wildman–Crippen MR) is 79.2 cm³/mol. The summed E-state index contributed by atoms with van der Waals surface area (Å²) in [5, 5.41) is 0. The molecule has 0 spiro atoms. The largest absolute Gasteiger partial charge is 0.369 e. The van der Waals surface area contributed by atoms with Crippen LogP contribution < -0.4 is 10.6 Å². The number of hydrogen-bond donors (Lipinski definition) is 1. The maximum Gasteiger partial charge on any atom is 0.196 e. The van der Waals surface area contributed by atoms with Crippen molar-refractivity contribution < 1.29 is 8.78 Å². The minimum absolute atomic E-state index is 0.266. The second kappa shape index (κ2) is 5.16. The normalized spacial score (nSPS) is 18.0. The van der Waals surface area contributed by atoms with Crippen LogP contribution >= 0.6 is 0 Å². The van der Waals surface area contributed by atoms with E-state index in [2.05, 4.69) is 4.99 Å². The standard InChI is InChI=1S/C16H15F2N3/c1-10-4-2-3-5-14(10)21-15(9-20-16(21)19)12-8-11(17)6-7-13(12)18/h2-8,15H,9H2,1H3,(H2,19,20). The van der Waals surface area contributed by atoms with E-state index in [1.807, 2.05) is 31.2 Å². The maximum atomic E-state index is 14.1. The molecule has 21 heavy (non-hydrogen) atoms. The molecule has 3 rings (SSSR count). The molecule has 2 aromatic rings. The van der Waals surface area contributed by atoms with Gasteiger partial charge in [-0.2, -0.15) is 0 Å². The van der Waals surface area contributed by atoms with E-state index >= 15 is 0 Å². The Labute approximate surface area is 121 Å². The van der Waals surface area contributed by atoms with Crippen molar-refractivity contribution in [1.82, 2.24) is 0 Å². The van der Waals surface area contributed by atoms with Gasteiger partial charge in [0.1, 0.15) is 11.6 Å². The van der Waals surface area contributed by atoms with E-state index in [0.29, 0.717) is 12.5 Å². The lowest BCUT2D eigenvalue weighted by molar-refractivity contribution is 0.568. The van der Waals surface area contributed by atoms with Crippen LogP contribution in [0.1, 0.15) is 17.2 Å². The molecule has 0 aliphatic carbocycles. The first-order valence-corrected chi connectivity index (χ1v) is 6.67. The molecule has 0 radical (unpaired) electrons. The predicted octanol–water partition coefficient (Wildman–Crippen LogP) is 3.15. The van der Waals surface area contributed by atoms with Crippen LogP contribution in [0.4, 0.5) is 14.5 Å². The molecule has 5 heteroatoms. The van der Waals surface area contributed by atoms with Crippen LogP contribution in [0.25, 0.3) is 0 Å². The minimum Gasteiger partial charge on any atom is -0.369 e. The number of hydrogen-bond acceptors (Lipinski definition) is 3. The monoisotopic (exact) mass is 287 g/mol. The zero-order valence-corrected chi connectivity index (χ0v) is 11.6. The first-order valence-electron chi connectivity index (χ1n) is 6.67. The molecule has 0 saturated heterocycles. The second-order valence-electron chi connectivity index (χ2n) is 5.04. The highest BCUT2D eigenvalue weighted by Crippen LogP contribution is 2.34. The fourth-order valence-corrected chi connectivity index (χ4v) is 2.63. The summed E-state index contributed by atoms with van der Waals surface area (Å²) in [4.78, 5) is 5.95. The van der Waals surface area contributed by atoms with Gasteiger partial charge in [-0.15, -0.1) is 0 Å². The van der Waals surface area contributed by atoms with Gasteiger partial charge in [0.25, 0.3) is 0 Å².